The molecular weight excluding hydrogens is 240 g/mol. The van der Waals surface area contributed by atoms with Crippen LogP contribution in [0, 0.1) is 0 Å². The van der Waals surface area contributed by atoms with E-state index in [1.54, 1.807) is 0 Å². The fourth-order valence-electron chi connectivity index (χ4n) is 2.84. The van der Waals surface area contributed by atoms with Crippen molar-refractivity contribution in [3.63, 3.8) is 0 Å². The summed E-state index contributed by atoms with van der Waals surface area (Å²) in [5.41, 5.74) is 3.44. The molecule has 2 aliphatic heterocycles. The second-order valence-corrected chi connectivity index (χ2v) is 5.24. The van der Waals surface area contributed by atoms with E-state index in [4.69, 9.17) is 4.74 Å². The van der Waals surface area contributed by atoms with Gasteiger partial charge in [-0.1, -0.05) is 6.07 Å². The Morgan fingerprint density at radius 2 is 2.16 bits per heavy atom. The maximum Gasteiger partial charge on any atom is 0.254 e. The standard InChI is InChI=1S/C15H20N2O2/c1-11-14-10-13(3-2-12(14)4-5-16-11)15(18)17-6-8-19-9-7-17/h2-3,10-11,16H,4-9H2,1H3. The van der Waals surface area contributed by atoms with Gasteiger partial charge in [0.2, 0.25) is 0 Å². The Kier molecular flexibility index (Phi) is 3.53. The predicted octanol–water partition coefficient (Wildman–Crippen LogP) is 1.37. The van der Waals surface area contributed by atoms with Crippen molar-refractivity contribution < 1.29 is 9.53 Å². The molecule has 0 aromatic heterocycles. The molecular formula is C15H20N2O2. The molecule has 1 saturated heterocycles. The number of hydrogen-bond donors (Lipinski definition) is 1. The van der Waals surface area contributed by atoms with Gasteiger partial charge in [-0.15, -0.1) is 0 Å². The van der Waals surface area contributed by atoms with Crippen LogP contribution in [-0.4, -0.2) is 43.7 Å². The average molecular weight is 260 g/mol. The summed E-state index contributed by atoms with van der Waals surface area (Å²) < 4.78 is 5.29. The van der Waals surface area contributed by atoms with Crippen molar-refractivity contribution in [3.05, 3.63) is 34.9 Å². The molecule has 1 unspecified atom stereocenters. The van der Waals surface area contributed by atoms with Gasteiger partial charge < -0.3 is 15.0 Å². The van der Waals surface area contributed by atoms with Gasteiger partial charge in [0, 0.05) is 24.7 Å². The van der Waals surface area contributed by atoms with Crippen LogP contribution in [0.25, 0.3) is 0 Å². The molecule has 1 aromatic rings. The van der Waals surface area contributed by atoms with Crippen LogP contribution in [0.15, 0.2) is 18.2 Å². The van der Waals surface area contributed by atoms with Gasteiger partial charge in [0.05, 0.1) is 13.2 Å². The summed E-state index contributed by atoms with van der Waals surface area (Å²) in [6.45, 7) is 5.86. The van der Waals surface area contributed by atoms with Crippen molar-refractivity contribution in [2.45, 2.75) is 19.4 Å². The number of benzene rings is 1. The third kappa shape index (κ3) is 2.51. The van der Waals surface area contributed by atoms with Gasteiger partial charge in [-0.05, 0) is 43.1 Å². The molecule has 0 radical (unpaired) electrons. The van der Waals surface area contributed by atoms with Crippen LogP contribution in [0.3, 0.4) is 0 Å². The van der Waals surface area contributed by atoms with Crippen LogP contribution in [0.2, 0.25) is 0 Å². The number of carbonyl (C=O) groups is 1. The number of amides is 1. The quantitative estimate of drug-likeness (QED) is 0.829. The van der Waals surface area contributed by atoms with E-state index in [9.17, 15) is 4.79 Å². The van der Waals surface area contributed by atoms with E-state index in [0.717, 1.165) is 18.5 Å². The summed E-state index contributed by atoms with van der Waals surface area (Å²) in [5.74, 6) is 0.129. The normalized spacial score (nSPS) is 23.0. The van der Waals surface area contributed by atoms with Crippen molar-refractivity contribution in [1.29, 1.82) is 0 Å². The molecule has 1 aromatic carbocycles. The lowest BCUT2D eigenvalue weighted by Crippen LogP contribution is -2.40. The maximum atomic E-state index is 12.4. The van der Waals surface area contributed by atoms with Crippen molar-refractivity contribution in [2.24, 2.45) is 0 Å². The molecule has 1 atom stereocenters. The second kappa shape index (κ2) is 5.31. The Bertz CT molecular complexity index is 481. The molecule has 102 valence electrons. The molecule has 2 heterocycles. The molecule has 0 spiro atoms. The summed E-state index contributed by atoms with van der Waals surface area (Å²) in [4.78, 5) is 14.3. The first-order chi connectivity index (χ1) is 9.25. The van der Waals surface area contributed by atoms with Crippen LogP contribution in [0.1, 0.15) is 34.5 Å². The monoisotopic (exact) mass is 260 g/mol. The summed E-state index contributed by atoms with van der Waals surface area (Å²) in [6, 6.07) is 6.47. The second-order valence-electron chi connectivity index (χ2n) is 5.24. The highest BCUT2D eigenvalue weighted by atomic mass is 16.5. The predicted molar refractivity (Wildman–Crippen MR) is 73.3 cm³/mol. The number of fused-ring (bicyclic) bond motifs is 1. The van der Waals surface area contributed by atoms with Crippen LogP contribution in [0.4, 0.5) is 0 Å². The van der Waals surface area contributed by atoms with Crippen molar-refractivity contribution in [3.8, 4) is 0 Å². The highest BCUT2D eigenvalue weighted by Crippen LogP contribution is 2.24. The Morgan fingerprint density at radius 3 is 2.95 bits per heavy atom. The molecule has 1 amide bonds. The van der Waals surface area contributed by atoms with E-state index in [2.05, 4.69) is 24.4 Å². The number of morpholine rings is 1. The Morgan fingerprint density at radius 1 is 1.37 bits per heavy atom. The van der Waals surface area contributed by atoms with Crippen molar-refractivity contribution in [1.82, 2.24) is 10.2 Å². The van der Waals surface area contributed by atoms with Gasteiger partial charge in [-0.2, -0.15) is 0 Å². The van der Waals surface area contributed by atoms with Gasteiger partial charge in [0.15, 0.2) is 0 Å². The zero-order valence-electron chi connectivity index (χ0n) is 11.3. The highest BCUT2D eigenvalue weighted by Gasteiger charge is 2.21. The van der Waals surface area contributed by atoms with Gasteiger partial charge in [-0.3, -0.25) is 4.79 Å². The minimum absolute atomic E-state index is 0.129. The van der Waals surface area contributed by atoms with E-state index in [1.807, 2.05) is 11.0 Å². The summed E-state index contributed by atoms with van der Waals surface area (Å²) >= 11 is 0. The van der Waals surface area contributed by atoms with Crippen molar-refractivity contribution >= 4 is 5.91 Å². The lowest BCUT2D eigenvalue weighted by molar-refractivity contribution is 0.0303. The maximum absolute atomic E-state index is 12.4. The molecule has 19 heavy (non-hydrogen) atoms. The lowest BCUT2D eigenvalue weighted by Gasteiger charge is -2.28. The smallest absolute Gasteiger partial charge is 0.254 e. The summed E-state index contributed by atoms with van der Waals surface area (Å²) in [6.07, 6.45) is 1.05. The van der Waals surface area contributed by atoms with Crippen LogP contribution in [-0.2, 0) is 11.2 Å². The number of carbonyl (C=O) groups excluding carboxylic acids is 1. The van der Waals surface area contributed by atoms with E-state index in [-0.39, 0.29) is 5.91 Å². The number of hydrogen-bond acceptors (Lipinski definition) is 3. The largest absolute Gasteiger partial charge is 0.378 e. The molecule has 2 aliphatic rings. The van der Waals surface area contributed by atoms with Gasteiger partial charge in [0.25, 0.3) is 5.91 Å². The first-order valence-electron chi connectivity index (χ1n) is 6.99. The number of ether oxygens (including phenoxy) is 1. The van der Waals surface area contributed by atoms with E-state index >= 15 is 0 Å². The fraction of sp³-hybridized carbons (Fsp3) is 0.533. The first-order valence-corrected chi connectivity index (χ1v) is 6.99. The van der Waals surface area contributed by atoms with Gasteiger partial charge in [-0.25, -0.2) is 0 Å². The third-order valence-corrected chi connectivity index (χ3v) is 4.00. The molecule has 4 nitrogen and oxygen atoms in total. The van der Waals surface area contributed by atoms with Crippen LogP contribution >= 0.6 is 0 Å². The average Bonchev–Trinajstić information content (AvgIpc) is 2.47. The summed E-state index contributed by atoms with van der Waals surface area (Å²) in [7, 11) is 0. The topological polar surface area (TPSA) is 41.6 Å². The Hall–Kier alpha value is -1.39. The van der Waals surface area contributed by atoms with E-state index in [0.29, 0.717) is 32.3 Å². The molecule has 0 saturated carbocycles. The van der Waals surface area contributed by atoms with Crippen LogP contribution < -0.4 is 5.32 Å². The Labute approximate surface area is 113 Å². The molecule has 1 fully saturated rings. The number of rotatable bonds is 1. The third-order valence-electron chi connectivity index (χ3n) is 4.00. The molecule has 0 aliphatic carbocycles. The zero-order valence-corrected chi connectivity index (χ0v) is 11.3. The summed E-state index contributed by atoms with van der Waals surface area (Å²) in [5, 5.41) is 3.44. The number of nitrogens with one attached hydrogen (secondary N) is 1. The fourth-order valence-corrected chi connectivity index (χ4v) is 2.84. The van der Waals surface area contributed by atoms with Gasteiger partial charge >= 0.3 is 0 Å². The highest BCUT2D eigenvalue weighted by molar-refractivity contribution is 5.94. The van der Waals surface area contributed by atoms with Gasteiger partial charge in [0.1, 0.15) is 0 Å². The van der Waals surface area contributed by atoms with Crippen molar-refractivity contribution in [2.75, 3.05) is 32.8 Å². The zero-order chi connectivity index (χ0) is 13.2. The first kappa shape index (κ1) is 12.6. The molecule has 4 heteroatoms. The lowest BCUT2D eigenvalue weighted by atomic mass is 9.93. The van der Waals surface area contributed by atoms with E-state index < -0.39 is 0 Å². The SMILES string of the molecule is CC1NCCc2ccc(C(=O)N3CCOCC3)cc21. The molecule has 3 rings (SSSR count). The molecule has 0 bridgehead atoms. The minimum Gasteiger partial charge on any atom is -0.378 e. The molecule has 1 N–H and O–H groups in total. The number of nitrogens with zero attached hydrogens (tertiary/aromatic N) is 1. The van der Waals surface area contributed by atoms with E-state index in [1.165, 1.54) is 11.1 Å². The minimum atomic E-state index is 0.129. The van der Waals surface area contributed by atoms with Crippen LogP contribution in [0.5, 0.6) is 0 Å². The Balaban J connectivity index is 1.84.